The molecule has 0 saturated heterocycles. The number of rotatable bonds is 2. The molecule has 1 N–H and O–H groups in total. The molecule has 6 heteroatoms. The number of hydrogen-bond acceptors (Lipinski definition) is 2. The lowest BCUT2D eigenvalue weighted by atomic mass is 10.1. The van der Waals surface area contributed by atoms with Crippen molar-refractivity contribution in [2.45, 2.75) is 0 Å². The smallest absolute Gasteiger partial charge is 0.247 e. The molecule has 1 aromatic carbocycles. The zero-order valence-corrected chi connectivity index (χ0v) is 14.1. The van der Waals surface area contributed by atoms with E-state index in [1.807, 2.05) is 11.6 Å². The maximum atomic E-state index is 13.9. The summed E-state index contributed by atoms with van der Waals surface area (Å²) in [6.45, 7) is 3.41. The van der Waals surface area contributed by atoms with Crippen molar-refractivity contribution in [3.8, 4) is 11.8 Å². The van der Waals surface area contributed by atoms with Gasteiger partial charge in [0, 0.05) is 23.7 Å². The number of nitrogens with zero attached hydrogens (tertiary/aromatic N) is 2. The third-order valence-electron chi connectivity index (χ3n) is 3.53. The molecule has 0 radical (unpaired) electrons. The van der Waals surface area contributed by atoms with E-state index in [0.29, 0.717) is 21.9 Å². The highest BCUT2D eigenvalue weighted by Gasteiger charge is 2.08. The lowest BCUT2D eigenvalue weighted by Crippen LogP contribution is -2.07. The molecule has 124 valence electrons. The van der Waals surface area contributed by atoms with Gasteiger partial charge in [-0.15, -0.1) is 0 Å². The zero-order valence-electron chi connectivity index (χ0n) is 13.3. The predicted octanol–water partition coefficient (Wildman–Crippen LogP) is 3.89. The SMILES string of the molecule is C=CC(=O)Nc1cnc2c(c1)c(C#Cc1ccc(Cl)cc1F)cn2C. The Labute approximate surface area is 148 Å². The van der Waals surface area contributed by atoms with E-state index in [0.717, 1.165) is 5.39 Å². The maximum absolute atomic E-state index is 13.9. The zero-order chi connectivity index (χ0) is 18.0. The molecule has 25 heavy (non-hydrogen) atoms. The van der Waals surface area contributed by atoms with E-state index in [9.17, 15) is 9.18 Å². The summed E-state index contributed by atoms with van der Waals surface area (Å²) < 4.78 is 15.7. The Bertz CT molecular complexity index is 1060. The van der Waals surface area contributed by atoms with Crippen LogP contribution in [-0.4, -0.2) is 15.5 Å². The van der Waals surface area contributed by atoms with Crippen molar-refractivity contribution >= 4 is 34.2 Å². The van der Waals surface area contributed by atoms with Gasteiger partial charge < -0.3 is 9.88 Å². The third kappa shape index (κ3) is 3.54. The Hall–Kier alpha value is -3.10. The largest absolute Gasteiger partial charge is 0.334 e. The van der Waals surface area contributed by atoms with Crippen molar-refractivity contribution in [1.29, 1.82) is 0 Å². The summed E-state index contributed by atoms with van der Waals surface area (Å²) in [5.41, 5.74) is 2.17. The Morgan fingerprint density at radius 3 is 2.84 bits per heavy atom. The van der Waals surface area contributed by atoms with Crippen LogP contribution in [0.3, 0.4) is 0 Å². The van der Waals surface area contributed by atoms with Gasteiger partial charge in [-0.2, -0.15) is 0 Å². The van der Waals surface area contributed by atoms with Crippen LogP contribution in [0.2, 0.25) is 5.02 Å². The number of amides is 1. The highest BCUT2D eigenvalue weighted by molar-refractivity contribution is 6.30. The van der Waals surface area contributed by atoms with Gasteiger partial charge in [0.25, 0.3) is 0 Å². The summed E-state index contributed by atoms with van der Waals surface area (Å²) in [4.78, 5) is 15.8. The van der Waals surface area contributed by atoms with Crippen LogP contribution in [0.4, 0.5) is 10.1 Å². The lowest BCUT2D eigenvalue weighted by Gasteiger charge is -2.02. The second-order valence-corrected chi connectivity index (χ2v) is 5.75. The minimum atomic E-state index is -0.475. The van der Waals surface area contributed by atoms with Crippen molar-refractivity contribution in [2.75, 3.05) is 5.32 Å². The number of benzene rings is 1. The standard InChI is InChI=1S/C19H13ClFN3O/c1-3-18(25)23-15-9-16-13(11-24(2)19(16)22-10-15)5-4-12-6-7-14(20)8-17(12)21/h3,6-11H,1H2,2H3,(H,23,25). The normalized spacial score (nSPS) is 10.2. The number of hydrogen-bond donors (Lipinski definition) is 1. The van der Waals surface area contributed by atoms with Gasteiger partial charge in [-0.1, -0.05) is 30.0 Å². The number of aryl methyl sites for hydroxylation is 1. The topological polar surface area (TPSA) is 46.9 Å². The lowest BCUT2D eigenvalue weighted by molar-refractivity contribution is -0.111. The minimum absolute atomic E-state index is 0.255. The Kier molecular flexibility index (Phi) is 4.55. The van der Waals surface area contributed by atoms with Crippen molar-refractivity contribution in [1.82, 2.24) is 9.55 Å². The van der Waals surface area contributed by atoms with Gasteiger partial charge in [0.1, 0.15) is 11.5 Å². The molecular weight excluding hydrogens is 341 g/mol. The molecule has 0 fully saturated rings. The molecule has 3 aromatic rings. The summed E-state index contributed by atoms with van der Waals surface area (Å²) in [6, 6.07) is 6.11. The van der Waals surface area contributed by atoms with Gasteiger partial charge in [0.05, 0.1) is 23.0 Å². The molecule has 0 spiro atoms. The van der Waals surface area contributed by atoms with E-state index in [1.54, 1.807) is 24.5 Å². The van der Waals surface area contributed by atoms with E-state index >= 15 is 0 Å². The summed E-state index contributed by atoms with van der Waals surface area (Å²) in [6.07, 6.45) is 4.54. The number of nitrogens with one attached hydrogen (secondary N) is 1. The Balaban J connectivity index is 2.04. The van der Waals surface area contributed by atoms with E-state index in [1.165, 1.54) is 18.2 Å². The number of pyridine rings is 1. The summed E-state index contributed by atoms with van der Waals surface area (Å²) in [7, 11) is 1.84. The van der Waals surface area contributed by atoms with E-state index in [2.05, 4.69) is 28.7 Å². The van der Waals surface area contributed by atoms with Gasteiger partial charge in [0.2, 0.25) is 5.91 Å². The monoisotopic (exact) mass is 353 g/mol. The first kappa shape index (κ1) is 16.7. The molecule has 2 heterocycles. The molecule has 1 amide bonds. The average Bonchev–Trinajstić information content (AvgIpc) is 2.89. The first-order valence-corrected chi connectivity index (χ1v) is 7.71. The molecule has 0 atom stereocenters. The molecule has 0 aliphatic rings. The van der Waals surface area contributed by atoms with E-state index < -0.39 is 5.82 Å². The second-order valence-electron chi connectivity index (χ2n) is 5.32. The number of fused-ring (bicyclic) bond motifs is 1. The quantitative estimate of drug-likeness (QED) is 0.561. The van der Waals surface area contributed by atoms with E-state index in [-0.39, 0.29) is 11.5 Å². The molecule has 0 saturated carbocycles. The fourth-order valence-corrected chi connectivity index (χ4v) is 2.51. The van der Waals surface area contributed by atoms with Gasteiger partial charge in [-0.25, -0.2) is 9.37 Å². The van der Waals surface area contributed by atoms with Crippen molar-refractivity contribution in [3.05, 3.63) is 71.3 Å². The van der Waals surface area contributed by atoms with Gasteiger partial charge in [-0.05, 0) is 30.3 Å². The fourth-order valence-electron chi connectivity index (χ4n) is 2.35. The second kappa shape index (κ2) is 6.80. The predicted molar refractivity (Wildman–Crippen MR) is 96.9 cm³/mol. The van der Waals surface area contributed by atoms with Crippen LogP contribution in [0, 0.1) is 17.7 Å². The average molecular weight is 354 g/mol. The summed E-state index contributed by atoms with van der Waals surface area (Å²) >= 11 is 5.75. The molecule has 2 aromatic heterocycles. The van der Waals surface area contributed by atoms with Crippen LogP contribution in [0.5, 0.6) is 0 Å². The molecule has 0 aliphatic heterocycles. The van der Waals surface area contributed by atoms with Crippen LogP contribution in [0.25, 0.3) is 11.0 Å². The molecule has 3 rings (SSSR count). The summed E-state index contributed by atoms with van der Waals surface area (Å²) in [5.74, 6) is 4.96. The van der Waals surface area contributed by atoms with Crippen LogP contribution in [-0.2, 0) is 11.8 Å². The maximum Gasteiger partial charge on any atom is 0.247 e. The van der Waals surface area contributed by atoms with Crippen LogP contribution in [0.1, 0.15) is 11.1 Å². The van der Waals surface area contributed by atoms with Crippen LogP contribution >= 0.6 is 11.6 Å². The number of aromatic nitrogens is 2. The molecule has 0 unspecified atom stereocenters. The van der Waals surface area contributed by atoms with Gasteiger partial charge >= 0.3 is 0 Å². The Morgan fingerprint density at radius 1 is 1.36 bits per heavy atom. The number of anilines is 1. The summed E-state index contributed by atoms with van der Waals surface area (Å²) in [5, 5.41) is 3.73. The fraction of sp³-hybridized carbons (Fsp3) is 0.0526. The first-order valence-electron chi connectivity index (χ1n) is 7.33. The first-order chi connectivity index (χ1) is 12.0. The highest BCUT2D eigenvalue weighted by atomic mass is 35.5. The van der Waals surface area contributed by atoms with Gasteiger partial charge in [-0.3, -0.25) is 4.79 Å². The molecule has 4 nitrogen and oxygen atoms in total. The molecular formula is C19H13ClFN3O. The number of halogens is 2. The van der Waals surface area contributed by atoms with Crippen molar-refractivity contribution in [3.63, 3.8) is 0 Å². The van der Waals surface area contributed by atoms with Crippen LogP contribution in [0.15, 0.2) is 49.3 Å². The molecule has 0 aliphatic carbocycles. The van der Waals surface area contributed by atoms with Gasteiger partial charge in [0.15, 0.2) is 0 Å². The van der Waals surface area contributed by atoms with Crippen molar-refractivity contribution < 1.29 is 9.18 Å². The minimum Gasteiger partial charge on any atom is -0.334 e. The molecule has 0 bridgehead atoms. The third-order valence-corrected chi connectivity index (χ3v) is 3.76. The number of carbonyl (C=O) groups is 1. The van der Waals surface area contributed by atoms with E-state index in [4.69, 9.17) is 11.6 Å². The Morgan fingerprint density at radius 2 is 2.12 bits per heavy atom. The number of carbonyl (C=O) groups excluding carboxylic acids is 1. The van der Waals surface area contributed by atoms with Crippen molar-refractivity contribution in [2.24, 2.45) is 7.05 Å². The van der Waals surface area contributed by atoms with Crippen LogP contribution < -0.4 is 5.32 Å². The highest BCUT2D eigenvalue weighted by Crippen LogP contribution is 2.22.